The minimum absolute atomic E-state index is 0.242. The molecular formula is C21H24O2. The first-order valence-electron chi connectivity index (χ1n) is 8.00. The number of hydrogen-bond donors (Lipinski definition) is 0. The highest BCUT2D eigenvalue weighted by atomic mass is 16.5. The largest absolute Gasteiger partial charge is 0.463 e. The van der Waals surface area contributed by atoms with E-state index in [1.807, 2.05) is 37.3 Å². The van der Waals surface area contributed by atoms with Gasteiger partial charge >= 0.3 is 5.97 Å². The maximum Gasteiger partial charge on any atom is 0.334 e. The van der Waals surface area contributed by atoms with Gasteiger partial charge in [-0.25, -0.2) is 4.79 Å². The summed E-state index contributed by atoms with van der Waals surface area (Å²) in [5.74, 6) is -0.242. The minimum Gasteiger partial charge on any atom is -0.463 e. The summed E-state index contributed by atoms with van der Waals surface area (Å²) in [4.78, 5) is 12.3. The first kappa shape index (κ1) is 17.0. The van der Waals surface area contributed by atoms with Crippen LogP contribution in [0, 0.1) is 20.8 Å². The van der Waals surface area contributed by atoms with Gasteiger partial charge in [0.2, 0.25) is 0 Å². The van der Waals surface area contributed by atoms with Crippen molar-refractivity contribution in [3.05, 3.63) is 75.9 Å². The van der Waals surface area contributed by atoms with E-state index in [0.717, 1.165) is 11.1 Å². The first-order chi connectivity index (χ1) is 11.0. The molecule has 0 fully saturated rings. The number of carbonyl (C=O) groups excluding carboxylic acids is 1. The van der Waals surface area contributed by atoms with Gasteiger partial charge in [0.05, 0.1) is 6.61 Å². The molecule has 0 heterocycles. The molecule has 0 atom stereocenters. The normalized spacial score (nSPS) is 11.4. The summed E-state index contributed by atoms with van der Waals surface area (Å²) in [7, 11) is 0. The molecule has 2 nitrogen and oxygen atoms in total. The summed E-state index contributed by atoms with van der Waals surface area (Å²) >= 11 is 0. The molecule has 0 amide bonds. The highest BCUT2D eigenvalue weighted by Gasteiger charge is 2.13. The number of rotatable bonds is 5. The summed E-state index contributed by atoms with van der Waals surface area (Å²) in [6.45, 7) is 8.41. The number of aryl methyl sites for hydroxylation is 3. The van der Waals surface area contributed by atoms with Crippen LogP contribution in [0.25, 0.3) is 6.08 Å². The lowest BCUT2D eigenvalue weighted by atomic mass is 9.97. The lowest BCUT2D eigenvalue weighted by Crippen LogP contribution is -2.10. The maximum atomic E-state index is 12.3. The molecular weight excluding hydrogens is 284 g/mol. The van der Waals surface area contributed by atoms with Crippen LogP contribution in [-0.2, 0) is 16.0 Å². The SMILES string of the molecule is CCOC(=O)/C(=C/c1ccc(C)cc1)Cc1cc(C)ccc1C. The summed E-state index contributed by atoms with van der Waals surface area (Å²) in [5.41, 5.74) is 6.46. The van der Waals surface area contributed by atoms with E-state index in [1.54, 1.807) is 0 Å². The maximum absolute atomic E-state index is 12.3. The van der Waals surface area contributed by atoms with Crippen LogP contribution in [0.5, 0.6) is 0 Å². The standard InChI is InChI=1S/C21H24O2/c1-5-23-21(22)20(13-18-10-7-15(2)8-11-18)14-19-12-16(3)6-9-17(19)4/h6-13H,5,14H2,1-4H3/b20-13+. The predicted molar refractivity (Wildman–Crippen MR) is 95.4 cm³/mol. The second-order valence-corrected chi connectivity index (χ2v) is 5.91. The third-order valence-corrected chi connectivity index (χ3v) is 3.84. The Hall–Kier alpha value is -2.35. The van der Waals surface area contributed by atoms with E-state index in [-0.39, 0.29) is 5.97 Å². The van der Waals surface area contributed by atoms with Crippen LogP contribution < -0.4 is 0 Å². The number of esters is 1. The van der Waals surface area contributed by atoms with Crippen LogP contribution >= 0.6 is 0 Å². The molecule has 120 valence electrons. The van der Waals surface area contributed by atoms with Gasteiger partial charge in [0, 0.05) is 12.0 Å². The van der Waals surface area contributed by atoms with Crippen molar-refractivity contribution < 1.29 is 9.53 Å². The van der Waals surface area contributed by atoms with Gasteiger partial charge in [-0.3, -0.25) is 0 Å². The summed E-state index contributed by atoms with van der Waals surface area (Å²) < 4.78 is 5.24. The molecule has 2 aromatic carbocycles. The van der Waals surface area contributed by atoms with E-state index >= 15 is 0 Å². The van der Waals surface area contributed by atoms with Crippen LogP contribution in [0.3, 0.4) is 0 Å². The van der Waals surface area contributed by atoms with Gasteiger partial charge < -0.3 is 4.74 Å². The molecule has 23 heavy (non-hydrogen) atoms. The first-order valence-corrected chi connectivity index (χ1v) is 8.00. The predicted octanol–water partition coefficient (Wildman–Crippen LogP) is 4.80. The lowest BCUT2D eigenvalue weighted by Gasteiger charge is -2.11. The van der Waals surface area contributed by atoms with E-state index in [1.165, 1.54) is 16.7 Å². The van der Waals surface area contributed by atoms with Crippen LogP contribution in [0.4, 0.5) is 0 Å². The number of benzene rings is 2. The van der Waals surface area contributed by atoms with Crippen molar-refractivity contribution in [3.63, 3.8) is 0 Å². The van der Waals surface area contributed by atoms with E-state index in [2.05, 4.69) is 39.0 Å². The Morgan fingerprint density at radius 2 is 1.65 bits per heavy atom. The second kappa shape index (κ2) is 7.77. The van der Waals surface area contributed by atoms with Crippen LogP contribution in [0.1, 0.15) is 34.7 Å². The molecule has 0 spiro atoms. The number of ether oxygens (including phenoxy) is 1. The average molecular weight is 308 g/mol. The Bertz CT molecular complexity index is 709. The average Bonchev–Trinajstić information content (AvgIpc) is 2.52. The van der Waals surface area contributed by atoms with E-state index in [9.17, 15) is 4.79 Å². The molecule has 0 aromatic heterocycles. The van der Waals surface area contributed by atoms with Gasteiger partial charge in [0.25, 0.3) is 0 Å². The lowest BCUT2D eigenvalue weighted by molar-refractivity contribution is -0.138. The van der Waals surface area contributed by atoms with Gasteiger partial charge in [-0.15, -0.1) is 0 Å². The fourth-order valence-corrected chi connectivity index (χ4v) is 2.47. The van der Waals surface area contributed by atoms with E-state index in [0.29, 0.717) is 18.6 Å². The van der Waals surface area contributed by atoms with Crippen molar-refractivity contribution >= 4 is 12.0 Å². The van der Waals surface area contributed by atoms with Crippen molar-refractivity contribution in [2.75, 3.05) is 6.61 Å². The van der Waals surface area contributed by atoms with Crippen molar-refractivity contribution in [2.45, 2.75) is 34.1 Å². The third-order valence-electron chi connectivity index (χ3n) is 3.84. The van der Waals surface area contributed by atoms with Crippen molar-refractivity contribution in [1.82, 2.24) is 0 Å². The number of carbonyl (C=O) groups is 1. The molecule has 0 bridgehead atoms. The van der Waals surface area contributed by atoms with Gasteiger partial charge in [0.1, 0.15) is 0 Å². The van der Waals surface area contributed by atoms with Gasteiger partial charge in [-0.2, -0.15) is 0 Å². The molecule has 0 aliphatic heterocycles. The van der Waals surface area contributed by atoms with Crippen LogP contribution in [0.15, 0.2) is 48.0 Å². The highest BCUT2D eigenvalue weighted by molar-refractivity contribution is 5.94. The molecule has 0 unspecified atom stereocenters. The summed E-state index contributed by atoms with van der Waals surface area (Å²) in [6.07, 6.45) is 2.51. The zero-order valence-electron chi connectivity index (χ0n) is 14.3. The molecule has 0 saturated heterocycles. The van der Waals surface area contributed by atoms with Gasteiger partial charge in [-0.05, 0) is 50.5 Å². The molecule has 0 aliphatic carbocycles. The van der Waals surface area contributed by atoms with Gasteiger partial charge in [0.15, 0.2) is 0 Å². The molecule has 0 saturated carbocycles. The second-order valence-electron chi connectivity index (χ2n) is 5.91. The van der Waals surface area contributed by atoms with E-state index in [4.69, 9.17) is 4.74 Å². The zero-order chi connectivity index (χ0) is 16.8. The van der Waals surface area contributed by atoms with Crippen LogP contribution in [-0.4, -0.2) is 12.6 Å². The van der Waals surface area contributed by atoms with Gasteiger partial charge in [-0.1, -0.05) is 53.6 Å². The minimum atomic E-state index is -0.242. The smallest absolute Gasteiger partial charge is 0.334 e. The van der Waals surface area contributed by atoms with Crippen molar-refractivity contribution in [3.8, 4) is 0 Å². The monoisotopic (exact) mass is 308 g/mol. The third kappa shape index (κ3) is 4.82. The summed E-state index contributed by atoms with van der Waals surface area (Å²) in [6, 6.07) is 14.5. The Morgan fingerprint density at radius 3 is 2.30 bits per heavy atom. The molecule has 0 aliphatic rings. The zero-order valence-corrected chi connectivity index (χ0v) is 14.3. The number of hydrogen-bond acceptors (Lipinski definition) is 2. The summed E-state index contributed by atoms with van der Waals surface area (Å²) in [5, 5.41) is 0. The Balaban J connectivity index is 2.36. The van der Waals surface area contributed by atoms with Crippen molar-refractivity contribution in [1.29, 1.82) is 0 Å². The fraction of sp³-hybridized carbons (Fsp3) is 0.286. The van der Waals surface area contributed by atoms with E-state index < -0.39 is 0 Å². The highest BCUT2D eigenvalue weighted by Crippen LogP contribution is 2.19. The topological polar surface area (TPSA) is 26.3 Å². The Kier molecular flexibility index (Phi) is 5.75. The molecule has 0 radical (unpaired) electrons. The Labute approximate surface area is 138 Å². The van der Waals surface area contributed by atoms with Crippen molar-refractivity contribution in [2.24, 2.45) is 0 Å². The fourth-order valence-electron chi connectivity index (χ4n) is 2.47. The van der Waals surface area contributed by atoms with Crippen LogP contribution in [0.2, 0.25) is 0 Å². The Morgan fingerprint density at radius 1 is 1.00 bits per heavy atom. The molecule has 2 heteroatoms. The molecule has 2 rings (SSSR count). The quantitative estimate of drug-likeness (QED) is 0.586. The molecule has 0 N–H and O–H groups in total. The molecule has 2 aromatic rings.